The number of hydrogen-bond acceptors (Lipinski definition) is 4. The van der Waals surface area contributed by atoms with Crippen molar-refractivity contribution in [3.8, 4) is 0 Å². The van der Waals surface area contributed by atoms with Crippen LogP contribution in [0.25, 0.3) is 0 Å². The van der Waals surface area contributed by atoms with Crippen LogP contribution in [0, 0.1) is 0 Å². The molecule has 0 aromatic heterocycles. The first-order valence-electron chi connectivity index (χ1n) is 6.18. The Bertz CT molecular complexity index is 228. The van der Waals surface area contributed by atoms with E-state index in [1.165, 1.54) is 0 Å². The van der Waals surface area contributed by atoms with Gasteiger partial charge in [-0.25, -0.2) is 0 Å². The van der Waals surface area contributed by atoms with Crippen molar-refractivity contribution in [2.75, 3.05) is 19.8 Å². The maximum Gasteiger partial charge on any atom is 0.0781 e. The second-order valence-electron chi connectivity index (χ2n) is 4.50. The lowest BCUT2D eigenvalue weighted by molar-refractivity contribution is -0.0620. The normalized spacial score (nSPS) is 14.8. The van der Waals surface area contributed by atoms with Gasteiger partial charge in [-0.05, 0) is 40.2 Å². The van der Waals surface area contributed by atoms with Gasteiger partial charge in [-0.3, -0.25) is 0 Å². The third kappa shape index (κ3) is 17.7. The van der Waals surface area contributed by atoms with Crippen LogP contribution in [0.5, 0.6) is 0 Å². The van der Waals surface area contributed by atoms with Gasteiger partial charge in [0.25, 0.3) is 0 Å². The lowest BCUT2D eigenvalue weighted by atomic mass is 10.4. The summed E-state index contributed by atoms with van der Waals surface area (Å²) in [5, 5.41) is 17.6. The minimum atomic E-state index is -0.447. The van der Waals surface area contributed by atoms with Gasteiger partial charge in [-0.1, -0.05) is 6.58 Å². The molecule has 0 bridgehead atoms. The molecule has 0 spiro atoms. The Morgan fingerprint density at radius 3 is 1.89 bits per heavy atom. The highest BCUT2D eigenvalue weighted by atomic mass is 16.5. The molecule has 0 radical (unpaired) electrons. The number of aliphatic hydroxyl groups excluding tert-OH is 2. The van der Waals surface area contributed by atoms with E-state index in [2.05, 4.69) is 12.3 Å². The average Bonchev–Trinajstić information content (AvgIpc) is 2.33. The standard InChI is InChI=1S/C9H20O4.C5H8/c1-7(11)5-12-9(3)6-13-8(2)4-10;1-4-5(2)3/h7-11H,4-6H2,1-3H3;1H2,2-3H3. The van der Waals surface area contributed by atoms with Crippen LogP contribution in [0.2, 0.25) is 0 Å². The molecule has 3 atom stereocenters. The molecule has 108 valence electrons. The number of hydrogen-bond donors (Lipinski definition) is 2. The first-order valence-corrected chi connectivity index (χ1v) is 6.18. The molecule has 0 rings (SSSR count). The Morgan fingerprint density at radius 1 is 1.11 bits per heavy atom. The van der Waals surface area contributed by atoms with Crippen molar-refractivity contribution in [2.24, 2.45) is 0 Å². The van der Waals surface area contributed by atoms with E-state index in [9.17, 15) is 0 Å². The van der Waals surface area contributed by atoms with Crippen LogP contribution in [0.4, 0.5) is 0 Å². The minimum absolute atomic E-state index is 0.0170. The summed E-state index contributed by atoms with van der Waals surface area (Å²) >= 11 is 0. The third-order valence-corrected chi connectivity index (χ3v) is 1.85. The summed E-state index contributed by atoms with van der Waals surface area (Å²) < 4.78 is 10.5. The molecular formula is C14H28O4. The fraction of sp³-hybridized carbons (Fsp3) is 0.786. The zero-order chi connectivity index (χ0) is 14.6. The first-order chi connectivity index (χ1) is 8.33. The Morgan fingerprint density at radius 2 is 1.56 bits per heavy atom. The molecule has 0 fully saturated rings. The summed E-state index contributed by atoms with van der Waals surface area (Å²) in [4.78, 5) is 0. The molecule has 0 aromatic carbocycles. The van der Waals surface area contributed by atoms with Crippen LogP contribution < -0.4 is 0 Å². The molecular weight excluding hydrogens is 232 g/mol. The van der Waals surface area contributed by atoms with E-state index in [1.807, 2.05) is 20.8 Å². The Kier molecular flexibility index (Phi) is 14.0. The van der Waals surface area contributed by atoms with Crippen molar-refractivity contribution >= 4 is 0 Å². The second kappa shape index (κ2) is 12.8. The zero-order valence-corrected chi connectivity index (χ0v) is 12.3. The predicted octanol–water partition coefficient (Wildman–Crippen LogP) is 1.91. The molecule has 0 amide bonds. The number of ether oxygens (including phenoxy) is 2. The van der Waals surface area contributed by atoms with Gasteiger partial charge in [0.1, 0.15) is 0 Å². The Labute approximate surface area is 111 Å². The van der Waals surface area contributed by atoms with Crippen LogP contribution >= 0.6 is 0 Å². The van der Waals surface area contributed by atoms with Crippen molar-refractivity contribution in [1.82, 2.24) is 0 Å². The van der Waals surface area contributed by atoms with Gasteiger partial charge in [-0.2, -0.15) is 0 Å². The highest BCUT2D eigenvalue weighted by molar-refractivity contribution is 4.87. The predicted molar refractivity (Wildman–Crippen MR) is 73.6 cm³/mol. The van der Waals surface area contributed by atoms with Crippen molar-refractivity contribution in [1.29, 1.82) is 0 Å². The van der Waals surface area contributed by atoms with E-state index in [-0.39, 0.29) is 18.8 Å². The fourth-order valence-electron chi connectivity index (χ4n) is 0.704. The van der Waals surface area contributed by atoms with Gasteiger partial charge in [-0.15, -0.1) is 5.73 Å². The maximum atomic E-state index is 8.92. The van der Waals surface area contributed by atoms with Crippen molar-refractivity contribution in [3.63, 3.8) is 0 Å². The van der Waals surface area contributed by atoms with Gasteiger partial charge >= 0.3 is 0 Å². The average molecular weight is 260 g/mol. The molecule has 0 aliphatic carbocycles. The van der Waals surface area contributed by atoms with Crippen LogP contribution in [-0.2, 0) is 9.47 Å². The van der Waals surface area contributed by atoms with Crippen LogP contribution in [0.15, 0.2) is 17.9 Å². The van der Waals surface area contributed by atoms with E-state index in [1.54, 1.807) is 13.8 Å². The summed E-state index contributed by atoms with van der Waals surface area (Å²) in [7, 11) is 0. The van der Waals surface area contributed by atoms with E-state index >= 15 is 0 Å². The van der Waals surface area contributed by atoms with Gasteiger partial charge in [0.2, 0.25) is 0 Å². The Hall–Kier alpha value is -0.640. The third-order valence-electron chi connectivity index (χ3n) is 1.85. The van der Waals surface area contributed by atoms with E-state index in [4.69, 9.17) is 19.7 Å². The summed E-state index contributed by atoms with van der Waals surface area (Å²) in [6, 6.07) is 0. The summed E-state index contributed by atoms with van der Waals surface area (Å²) in [6.45, 7) is 13.4. The lowest BCUT2D eigenvalue weighted by Crippen LogP contribution is -2.24. The quantitative estimate of drug-likeness (QED) is 0.687. The molecule has 18 heavy (non-hydrogen) atoms. The smallest absolute Gasteiger partial charge is 0.0781 e. The molecule has 0 saturated carbocycles. The molecule has 0 aromatic rings. The molecule has 4 heteroatoms. The number of allylic oxidation sites excluding steroid dienone is 1. The maximum absolute atomic E-state index is 8.92. The van der Waals surface area contributed by atoms with E-state index in [0.29, 0.717) is 13.2 Å². The van der Waals surface area contributed by atoms with E-state index < -0.39 is 6.10 Å². The molecule has 0 aliphatic heterocycles. The zero-order valence-electron chi connectivity index (χ0n) is 12.3. The van der Waals surface area contributed by atoms with Crippen molar-refractivity contribution in [3.05, 3.63) is 17.9 Å². The summed E-state index contributed by atoms with van der Waals surface area (Å²) in [6.07, 6.45) is -0.654. The van der Waals surface area contributed by atoms with Crippen molar-refractivity contribution < 1.29 is 19.7 Å². The monoisotopic (exact) mass is 260 g/mol. The number of rotatable bonds is 7. The SMILES string of the molecule is C=C=C(C)C.CC(O)COC(C)COC(C)CO. The van der Waals surface area contributed by atoms with Crippen molar-refractivity contribution in [2.45, 2.75) is 52.9 Å². The highest BCUT2D eigenvalue weighted by Gasteiger charge is 2.06. The van der Waals surface area contributed by atoms with Gasteiger partial charge in [0, 0.05) is 0 Å². The molecule has 0 heterocycles. The fourth-order valence-corrected chi connectivity index (χ4v) is 0.704. The van der Waals surface area contributed by atoms with Gasteiger partial charge in [0.05, 0.1) is 38.1 Å². The summed E-state index contributed by atoms with van der Waals surface area (Å²) in [5.41, 5.74) is 3.84. The molecule has 0 aliphatic rings. The van der Waals surface area contributed by atoms with E-state index in [0.717, 1.165) is 5.57 Å². The first kappa shape index (κ1) is 19.7. The van der Waals surface area contributed by atoms with Gasteiger partial charge in [0.15, 0.2) is 0 Å². The molecule has 4 nitrogen and oxygen atoms in total. The van der Waals surface area contributed by atoms with Gasteiger partial charge < -0.3 is 19.7 Å². The highest BCUT2D eigenvalue weighted by Crippen LogP contribution is 1.97. The lowest BCUT2D eigenvalue weighted by Gasteiger charge is -2.16. The van der Waals surface area contributed by atoms with Crippen LogP contribution in [0.1, 0.15) is 34.6 Å². The molecule has 3 unspecified atom stereocenters. The van der Waals surface area contributed by atoms with Crippen LogP contribution in [0.3, 0.4) is 0 Å². The minimum Gasteiger partial charge on any atom is -0.394 e. The molecule has 2 N–H and O–H groups in total. The topological polar surface area (TPSA) is 58.9 Å². The summed E-state index contributed by atoms with van der Waals surface area (Å²) in [5.74, 6) is 0. The molecule has 0 saturated heterocycles. The second-order valence-corrected chi connectivity index (χ2v) is 4.50. The van der Waals surface area contributed by atoms with Crippen LogP contribution in [-0.4, -0.2) is 48.3 Å². The Balaban J connectivity index is 0. The number of aliphatic hydroxyl groups is 2. The largest absolute Gasteiger partial charge is 0.394 e.